The largest absolute Gasteiger partial charge is 0.451 e. The lowest BCUT2D eigenvalue weighted by Crippen LogP contribution is -2.15. The molecule has 4 aromatic rings. The van der Waals surface area contributed by atoms with Gasteiger partial charge in [-0.25, -0.2) is 0 Å². The van der Waals surface area contributed by atoms with Crippen LogP contribution in [0.25, 0.3) is 10.9 Å². The third-order valence-corrected chi connectivity index (χ3v) is 4.49. The fourth-order valence-electron chi connectivity index (χ4n) is 3.19. The van der Waals surface area contributed by atoms with Crippen LogP contribution in [0, 0.1) is 0 Å². The molecule has 1 aliphatic rings. The fraction of sp³-hybridized carbons (Fsp3) is 0. The summed E-state index contributed by atoms with van der Waals surface area (Å²) >= 11 is 6.15. The van der Waals surface area contributed by atoms with E-state index in [1.54, 1.807) is 0 Å². The topological polar surface area (TPSA) is 28.3 Å². The molecule has 0 atom stereocenters. The van der Waals surface area contributed by atoms with Gasteiger partial charge in [0.25, 0.3) is 0 Å². The summed E-state index contributed by atoms with van der Waals surface area (Å²) in [5, 5.41) is 1.72. The summed E-state index contributed by atoms with van der Waals surface area (Å²) in [5.74, 6) is 2.58. The smallest absolute Gasteiger partial charge is 0.178 e. The van der Waals surface area contributed by atoms with Gasteiger partial charge in [-0.2, -0.15) is 0 Å². The van der Waals surface area contributed by atoms with E-state index in [-0.39, 0.29) is 0 Å². The second kappa shape index (κ2) is 5.05. The van der Waals surface area contributed by atoms with E-state index in [1.165, 1.54) is 0 Å². The van der Waals surface area contributed by atoms with Gasteiger partial charge in [0.1, 0.15) is 0 Å². The van der Waals surface area contributed by atoms with Gasteiger partial charge >= 0.3 is 0 Å². The van der Waals surface area contributed by atoms with Crippen LogP contribution in [0.5, 0.6) is 11.5 Å². The zero-order valence-corrected chi connectivity index (χ0v) is 13.4. The fourth-order valence-corrected chi connectivity index (χ4v) is 3.37. The Kier molecular flexibility index (Phi) is 2.84. The van der Waals surface area contributed by atoms with Gasteiger partial charge in [-0.3, -0.25) is 4.90 Å². The second-order valence-electron chi connectivity index (χ2n) is 5.73. The van der Waals surface area contributed by atoms with Crippen LogP contribution >= 0.6 is 11.6 Å². The number of hydrogen-bond donors (Lipinski definition) is 1. The Labute approximate surface area is 144 Å². The minimum Gasteiger partial charge on any atom is -0.451 e. The van der Waals surface area contributed by atoms with Crippen molar-refractivity contribution in [2.24, 2.45) is 0 Å². The number of para-hydroxylation sites is 3. The molecule has 116 valence electrons. The molecule has 0 saturated heterocycles. The highest BCUT2D eigenvalue weighted by Gasteiger charge is 2.29. The minimum absolute atomic E-state index is 0.699. The third-order valence-electron chi connectivity index (χ3n) is 4.25. The first-order valence-electron chi connectivity index (χ1n) is 7.74. The summed E-state index contributed by atoms with van der Waals surface area (Å²) < 4.78 is 6.21. The van der Waals surface area contributed by atoms with Crippen molar-refractivity contribution in [2.75, 3.05) is 4.90 Å². The van der Waals surface area contributed by atoms with Gasteiger partial charge < -0.3 is 9.72 Å². The van der Waals surface area contributed by atoms with Crippen molar-refractivity contribution in [3.05, 3.63) is 77.8 Å². The minimum atomic E-state index is 0.699. The highest BCUT2D eigenvalue weighted by Crippen LogP contribution is 2.52. The van der Waals surface area contributed by atoms with Gasteiger partial charge in [-0.1, -0.05) is 41.9 Å². The average Bonchev–Trinajstić information content (AvgIpc) is 2.97. The number of rotatable bonds is 1. The van der Waals surface area contributed by atoms with E-state index in [2.05, 4.69) is 28.1 Å². The second-order valence-corrected chi connectivity index (χ2v) is 6.17. The number of anilines is 3. The van der Waals surface area contributed by atoms with Crippen LogP contribution in [0.2, 0.25) is 5.02 Å². The van der Waals surface area contributed by atoms with E-state index >= 15 is 0 Å². The van der Waals surface area contributed by atoms with Gasteiger partial charge in [-0.15, -0.1) is 0 Å². The van der Waals surface area contributed by atoms with Gasteiger partial charge in [0.05, 0.1) is 11.2 Å². The lowest BCUT2D eigenvalue weighted by Gasteiger charge is -2.30. The summed E-state index contributed by atoms with van der Waals surface area (Å²) in [7, 11) is 0. The molecule has 3 nitrogen and oxygen atoms in total. The van der Waals surface area contributed by atoms with Crippen LogP contribution in [0.1, 0.15) is 0 Å². The molecule has 24 heavy (non-hydrogen) atoms. The van der Waals surface area contributed by atoms with E-state index < -0.39 is 0 Å². The zero-order valence-electron chi connectivity index (χ0n) is 12.7. The molecule has 0 radical (unpaired) electrons. The van der Waals surface area contributed by atoms with Crippen LogP contribution in [0.15, 0.2) is 72.8 Å². The van der Waals surface area contributed by atoms with Gasteiger partial charge in [0, 0.05) is 16.1 Å². The Morgan fingerprint density at radius 2 is 1.67 bits per heavy atom. The molecule has 0 aliphatic carbocycles. The number of nitrogens with zero attached hydrogens (tertiary/aromatic N) is 1. The van der Waals surface area contributed by atoms with Crippen LogP contribution in [-0.2, 0) is 0 Å². The normalized spacial score (nSPS) is 12.6. The average molecular weight is 333 g/mol. The van der Waals surface area contributed by atoms with Crippen LogP contribution in [-0.4, -0.2) is 4.98 Å². The Morgan fingerprint density at radius 1 is 0.875 bits per heavy atom. The molecular formula is C20H13ClN2O. The lowest BCUT2D eigenvalue weighted by atomic mass is 10.1. The molecule has 1 aromatic heterocycles. The summed E-state index contributed by atoms with van der Waals surface area (Å²) in [6.07, 6.45) is 0. The molecule has 5 rings (SSSR count). The molecule has 0 bridgehead atoms. The highest BCUT2D eigenvalue weighted by atomic mass is 35.5. The van der Waals surface area contributed by atoms with E-state index in [4.69, 9.17) is 16.3 Å². The zero-order chi connectivity index (χ0) is 16.1. The maximum Gasteiger partial charge on any atom is 0.178 e. The molecule has 0 spiro atoms. The highest BCUT2D eigenvalue weighted by molar-refractivity contribution is 6.31. The Balaban J connectivity index is 1.83. The Morgan fingerprint density at radius 3 is 2.54 bits per heavy atom. The number of fused-ring (bicyclic) bond motifs is 4. The number of aromatic nitrogens is 1. The van der Waals surface area contributed by atoms with Gasteiger partial charge in [0.15, 0.2) is 17.3 Å². The summed E-state index contributed by atoms with van der Waals surface area (Å²) in [4.78, 5) is 5.65. The number of nitrogens with one attached hydrogen (secondary N) is 1. The van der Waals surface area contributed by atoms with Crippen molar-refractivity contribution in [1.82, 2.24) is 4.98 Å². The first-order valence-corrected chi connectivity index (χ1v) is 8.12. The number of hydrogen-bond acceptors (Lipinski definition) is 2. The Hall–Kier alpha value is -2.91. The molecule has 3 aromatic carbocycles. The quantitative estimate of drug-likeness (QED) is 0.385. The predicted octanol–water partition coefficient (Wildman–Crippen LogP) is 6.40. The van der Waals surface area contributed by atoms with Crippen molar-refractivity contribution < 1.29 is 4.74 Å². The van der Waals surface area contributed by atoms with Crippen molar-refractivity contribution >= 4 is 39.7 Å². The summed E-state index contributed by atoms with van der Waals surface area (Å²) in [6, 6.07) is 24.1. The first kappa shape index (κ1) is 13.5. The van der Waals surface area contributed by atoms with Crippen LogP contribution in [0.3, 0.4) is 0 Å². The van der Waals surface area contributed by atoms with E-state index in [0.29, 0.717) is 5.02 Å². The summed E-state index contributed by atoms with van der Waals surface area (Å²) in [6.45, 7) is 0. The molecule has 4 heteroatoms. The molecule has 1 aliphatic heterocycles. The van der Waals surface area contributed by atoms with Crippen molar-refractivity contribution in [2.45, 2.75) is 0 Å². The number of H-pyrrole nitrogens is 1. The van der Waals surface area contributed by atoms with Crippen molar-refractivity contribution in [3.8, 4) is 11.5 Å². The van der Waals surface area contributed by atoms with Crippen molar-refractivity contribution in [3.63, 3.8) is 0 Å². The number of aromatic amines is 1. The Bertz CT molecular complexity index is 1060. The van der Waals surface area contributed by atoms with Gasteiger partial charge in [0.2, 0.25) is 0 Å². The number of benzene rings is 3. The third kappa shape index (κ3) is 1.92. The maximum absolute atomic E-state index is 6.21. The van der Waals surface area contributed by atoms with Crippen LogP contribution in [0.4, 0.5) is 17.2 Å². The summed E-state index contributed by atoms with van der Waals surface area (Å²) in [5.41, 5.74) is 3.04. The standard InChI is InChI=1S/C20H13ClN2O/c21-13-10-11-15-16(12-13)22-20-19(15)24-18-9-5-4-8-17(18)23(20)14-6-2-1-3-7-14/h1-12,22H. The number of halogens is 1. The first-order chi connectivity index (χ1) is 11.8. The number of ether oxygens (including phenoxy) is 1. The SMILES string of the molecule is Clc1ccc2c3c([nH]c2c1)N(c1ccccc1)c1ccccc1O3. The van der Waals surface area contributed by atoms with E-state index in [9.17, 15) is 0 Å². The molecule has 0 saturated carbocycles. The molecule has 0 fully saturated rings. The van der Waals surface area contributed by atoms with E-state index in [0.717, 1.165) is 39.6 Å². The van der Waals surface area contributed by atoms with Crippen LogP contribution < -0.4 is 9.64 Å². The molecule has 1 N–H and O–H groups in total. The maximum atomic E-state index is 6.21. The molecular weight excluding hydrogens is 320 g/mol. The van der Waals surface area contributed by atoms with Crippen molar-refractivity contribution in [1.29, 1.82) is 0 Å². The lowest BCUT2D eigenvalue weighted by molar-refractivity contribution is 0.482. The monoisotopic (exact) mass is 332 g/mol. The molecule has 0 unspecified atom stereocenters. The molecule has 2 heterocycles. The molecule has 0 amide bonds. The van der Waals surface area contributed by atoms with E-state index in [1.807, 2.05) is 54.6 Å². The van der Waals surface area contributed by atoms with Gasteiger partial charge in [-0.05, 0) is 42.5 Å². The predicted molar refractivity (Wildman–Crippen MR) is 98.1 cm³/mol.